The van der Waals surface area contributed by atoms with Gasteiger partial charge in [0.15, 0.2) is 0 Å². The Morgan fingerprint density at radius 2 is 1.81 bits per heavy atom. The van der Waals surface area contributed by atoms with Gasteiger partial charge in [0.05, 0.1) is 30.8 Å². The van der Waals surface area contributed by atoms with Gasteiger partial charge in [-0.25, -0.2) is 0 Å². The van der Waals surface area contributed by atoms with E-state index in [2.05, 4.69) is 13.2 Å². The minimum atomic E-state index is -1.28. The Bertz CT molecular complexity index is 1670. The van der Waals surface area contributed by atoms with Gasteiger partial charge in [0.25, 0.3) is 5.91 Å². The van der Waals surface area contributed by atoms with Crippen molar-refractivity contribution in [2.24, 2.45) is 17.8 Å². The number of allylic oxidation sites excluding steroid dienone is 1. The summed E-state index contributed by atoms with van der Waals surface area (Å²) in [6.07, 6.45) is 5.50. The molecule has 3 fully saturated rings. The predicted molar refractivity (Wildman–Crippen MR) is 182 cm³/mol. The number of amides is 2. The van der Waals surface area contributed by atoms with Gasteiger partial charge in [-0.2, -0.15) is 0 Å². The molecule has 0 radical (unpaired) electrons. The van der Waals surface area contributed by atoms with Crippen molar-refractivity contribution in [1.82, 2.24) is 4.90 Å². The van der Waals surface area contributed by atoms with E-state index in [0.717, 1.165) is 16.3 Å². The molecule has 246 valence electrons. The summed E-state index contributed by atoms with van der Waals surface area (Å²) in [6.45, 7) is 11.6. The second-order valence-corrected chi connectivity index (χ2v) is 13.3. The third-order valence-electron chi connectivity index (χ3n) is 10.6. The molecule has 8 heteroatoms. The lowest BCUT2D eigenvalue weighted by molar-refractivity contribution is -0.162. The average Bonchev–Trinajstić information content (AvgIpc) is 3.60. The molecular formula is C39H44N2O6. The molecule has 1 N–H and O–H groups in total. The van der Waals surface area contributed by atoms with Gasteiger partial charge >= 0.3 is 5.97 Å². The first-order valence-electron chi connectivity index (χ1n) is 16.6. The Labute approximate surface area is 276 Å². The highest BCUT2D eigenvalue weighted by Gasteiger charge is 2.80. The van der Waals surface area contributed by atoms with Crippen LogP contribution in [0, 0.1) is 17.8 Å². The smallest absolute Gasteiger partial charge is 0.312 e. The lowest BCUT2D eigenvalue weighted by Gasteiger charge is -2.39. The molecule has 2 bridgehead atoms. The maximum absolute atomic E-state index is 15.2. The van der Waals surface area contributed by atoms with E-state index in [-0.39, 0.29) is 37.5 Å². The molecule has 3 aromatic rings. The van der Waals surface area contributed by atoms with Crippen LogP contribution in [0.1, 0.15) is 38.7 Å². The number of hydrogen-bond acceptors (Lipinski definition) is 6. The molecule has 1 spiro atoms. The summed E-state index contributed by atoms with van der Waals surface area (Å²) < 4.78 is 12.7. The minimum Gasteiger partial charge on any atom is -0.465 e. The summed E-state index contributed by atoms with van der Waals surface area (Å²) in [5.74, 6) is -3.15. The normalized spacial score (nSPS) is 28.2. The number of ether oxygens (including phenoxy) is 2. The summed E-state index contributed by atoms with van der Waals surface area (Å²) in [7, 11) is 0. The first kappa shape index (κ1) is 32.7. The van der Waals surface area contributed by atoms with Crippen molar-refractivity contribution in [1.29, 1.82) is 0 Å². The number of carbonyl (C=O) groups excluding carboxylic acids is 3. The molecule has 0 aromatic heterocycles. The van der Waals surface area contributed by atoms with Gasteiger partial charge in [-0.1, -0.05) is 79.7 Å². The fourth-order valence-electron chi connectivity index (χ4n) is 8.28. The number of unbranched alkanes of at least 4 members (excludes halogenated alkanes) is 1. The molecule has 3 aliphatic rings. The van der Waals surface area contributed by atoms with Crippen molar-refractivity contribution >= 4 is 34.2 Å². The molecule has 3 heterocycles. The van der Waals surface area contributed by atoms with E-state index in [0.29, 0.717) is 31.4 Å². The second kappa shape index (κ2) is 13.1. The van der Waals surface area contributed by atoms with Crippen LogP contribution in [0.4, 0.5) is 5.69 Å². The van der Waals surface area contributed by atoms with Crippen molar-refractivity contribution in [2.45, 2.75) is 62.8 Å². The minimum absolute atomic E-state index is 0.136. The third kappa shape index (κ3) is 5.47. The molecule has 0 aliphatic carbocycles. The van der Waals surface area contributed by atoms with Crippen LogP contribution in [0.3, 0.4) is 0 Å². The van der Waals surface area contributed by atoms with E-state index in [1.54, 1.807) is 17.1 Å². The van der Waals surface area contributed by atoms with E-state index in [1.807, 2.05) is 86.6 Å². The van der Waals surface area contributed by atoms with Crippen molar-refractivity contribution < 1.29 is 29.0 Å². The molecule has 47 heavy (non-hydrogen) atoms. The zero-order valence-corrected chi connectivity index (χ0v) is 27.2. The van der Waals surface area contributed by atoms with Crippen LogP contribution in [0.15, 0.2) is 98.1 Å². The SMILES string of the molecule is C=CCCCOC(=O)[C@H]1[C@H]2C(=O)N([C@@H](CO)Cc3ccccc3)C(C(=O)N(CC=C)c3ccc4ccccc4c3)C23CC(C)[C@]1(C)O3. The molecule has 0 saturated carbocycles. The van der Waals surface area contributed by atoms with Crippen LogP contribution >= 0.6 is 0 Å². The van der Waals surface area contributed by atoms with Gasteiger partial charge in [0.2, 0.25) is 5.91 Å². The Morgan fingerprint density at radius 3 is 2.51 bits per heavy atom. The summed E-state index contributed by atoms with van der Waals surface area (Å²) in [6, 6.07) is 21.5. The average molecular weight is 637 g/mol. The van der Waals surface area contributed by atoms with Gasteiger partial charge in [0, 0.05) is 12.2 Å². The Kier molecular flexibility index (Phi) is 9.09. The quantitative estimate of drug-likeness (QED) is 0.152. The van der Waals surface area contributed by atoms with E-state index in [4.69, 9.17) is 9.47 Å². The number of fused-ring (bicyclic) bond motifs is 2. The van der Waals surface area contributed by atoms with Gasteiger partial charge in [-0.05, 0) is 67.0 Å². The number of benzene rings is 3. The number of esters is 1. The summed E-state index contributed by atoms with van der Waals surface area (Å²) in [5.41, 5.74) is -0.704. The fourth-order valence-corrected chi connectivity index (χ4v) is 8.28. The van der Waals surface area contributed by atoms with E-state index in [9.17, 15) is 14.7 Å². The molecule has 3 saturated heterocycles. The maximum atomic E-state index is 15.2. The molecule has 8 nitrogen and oxygen atoms in total. The van der Waals surface area contributed by atoms with E-state index >= 15 is 4.79 Å². The van der Waals surface area contributed by atoms with Gasteiger partial charge < -0.3 is 24.4 Å². The predicted octanol–water partition coefficient (Wildman–Crippen LogP) is 5.48. The van der Waals surface area contributed by atoms with Crippen LogP contribution in [0.5, 0.6) is 0 Å². The molecule has 3 aliphatic heterocycles. The van der Waals surface area contributed by atoms with Crippen LogP contribution in [-0.4, -0.2) is 70.8 Å². The standard InChI is InChI=1S/C39H44N2O6/c1-5-7-13-21-46-37(45)33-32-35(43)41(31(25-42)22-27-14-9-8-10-15-27)34(39(32)24-26(3)38(33,4)47-39)36(44)40(20-6-2)30-19-18-28-16-11-12-17-29(28)23-30/h5-6,8-12,14-19,23,26,31-34,42H,1-2,7,13,20-22,24-25H2,3-4H3/t26?,31-,32+,33-,34?,38+,39?/m1/s1. The molecule has 3 unspecified atom stereocenters. The van der Waals surface area contributed by atoms with Crippen molar-refractivity contribution in [3.63, 3.8) is 0 Å². The Morgan fingerprint density at radius 1 is 1.09 bits per heavy atom. The van der Waals surface area contributed by atoms with Crippen LogP contribution in [-0.2, 0) is 30.3 Å². The van der Waals surface area contributed by atoms with Crippen LogP contribution in [0.25, 0.3) is 10.8 Å². The number of likely N-dealkylation sites (tertiary alicyclic amines) is 1. The summed E-state index contributed by atoms with van der Waals surface area (Å²) in [5, 5.41) is 12.8. The third-order valence-corrected chi connectivity index (χ3v) is 10.6. The first-order valence-corrected chi connectivity index (χ1v) is 16.6. The van der Waals surface area contributed by atoms with E-state index < -0.39 is 41.1 Å². The molecule has 6 rings (SSSR count). The second-order valence-electron chi connectivity index (χ2n) is 13.3. The zero-order chi connectivity index (χ0) is 33.3. The number of nitrogens with zero attached hydrogens (tertiary/aromatic N) is 2. The van der Waals surface area contributed by atoms with Crippen LogP contribution < -0.4 is 4.90 Å². The number of hydrogen-bond donors (Lipinski definition) is 1. The largest absolute Gasteiger partial charge is 0.465 e. The highest BCUT2D eigenvalue weighted by atomic mass is 16.6. The number of carbonyl (C=O) groups is 3. The number of aliphatic hydroxyl groups excluding tert-OH is 1. The number of aliphatic hydroxyl groups is 1. The van der Waals surface area contributed by atoms with Crippen molar-refractivity contribution in [2.75, 3.05) is 24.7 Å². The fraction of sp³-hybridized carbons (Fsp3) is 0.410. The number of rotatable bonds is 13. The van der Waals surface area contributed by atoms with Crippen LogP contribution in [0.2, 0.25) is 0 Å². The molecular weight excluding hydrogens is 592 g/mol. The highest BCUT2D eigenvalue weighted by Crippen LogP contribution is 2.65. The maximum Gasteiger partial charge on any atom is 0.312 e. The number of anilines is 1. The van der Waals surface area contributed by atoms with Gasteiger partial charge in [-0.15, -0.1) is 13.2 Å². The monoisotopic (exact) mass is 636 g/mol. The summed E-state index contributed by atoms with van der Waals surface area (Å²) >= 11 is 0. The topological polar surface area (TPSA) is 96.4 Å². The Hall–Kier alpha value is -4.27. The molecule has 2 amide bonds. The lowest BCUT2D eigenvalue weighted by Crippen LogP contribution is -2.59. The van der Waals surface area contributed by atoms with Gasteiger partial charge in [-0.3, -0.25) is 14.4 Å². The molecule has 7 atom stereocenters. The Balaban J connectivity index is 1.45. The summed E-state index contributed by atoms with van der Waals surface area (Å²) in [4.78, 5) is 47.0. The van der Waals surface area contributed by atoms with Crippen molar-refractivity contribution in [3.05, 3.63) is 104 Å². The van der Waals surface area contributed by atoms with E-state index in [1.165, 1.54) is 4.90 Å². The van der Waals surface area contributed by atoms with Crippen molar-refractivity contribution in [3.8, 4) is 0 Å². The molecule has 3 aromatic carbocycles. The highest BCUT2D eigenvalue weighted by molar-refractivity contribution is 6.06. The van der Waals surface area contributed by atoms with Gasteiger partial charge in [0.1, 0.15) is 17.6 Å². The first-order chi connectivity index (χ1) is 22.7. The zero-order valence-electron chi connectivity index (χ0n) is 27.2. The lowest BCUT2D eigenvalue weighted by atomic mass is 9.62.